The molecule has 0 saturated carbocycles. The summed E-state index contributed by atoms with van der Waals surface area (Å²) in [5.41, 5.74) is 3.22. The Bertz CT molecular complexity index is 1160. The molecule has 3 heterocycles. The summed E-state index contributed by atoms with van der Waals surface area (Å²) in [6.45, 7) is 6.49. The van der Waals surface area contributed by atoms with Crippen LogP contribution in [0.2, 0.25) is 0 Å². The second-order valence-electron chi connectivity index (χ2n) is 8.32. The number of amides is 2. The Hall–Kier alpha value is -3.68. The lowest BCUT2D eigenvalue weighted by molar-refractivity contribution is 0.0597. The van der Waals surface area contributed by atoms with Crippen LogP contribution in [0.4, 0.5) is 0 Å². The standard InChI is InChI=1S/C25H28N6O2/c1-16-20(24(32)28-13-19-9-5-4-6-10-19)14-27-23(30-16)22-11-7-8-12-31(22)25(33)21-15-26-18(3)29-17(21)2/h4-6,9-10,14-15,22H,7-8,11-13H2,1-3H3,(H,28,32)/t22-/m1/s1. The number of nitrogens with zero attached hydrogens (tertiary/aromatic N) is 5. The molecule has 0 spiro atoms. The Balaban J connectivity index is 1.52. The number of aromatic nitrogens is 4. The average Bonchev–Trinajstić information content (AvgIpc) is 2.83. The Kier molecular flexibility index (Phi) is 6.72. The maximum absolute atomic E-state index is 13.3. The van der Waals surface area contributed by atoms with E-state index >= 15 is 0 Å². The highest BCUT2D eigenvalue weighted by molar-refractivity contribution is 5.95. The first kappa shape index (κ1) is 22.5. The highest BCUT2D eigenvalue weighted by Crippen LogP contribution is 2.31. The first-order valence-corrected chi connectivity index (χ1v) is 11.2. The van der Waals surface area contributed by atoms with E-state index in [4.69, 9.17) is 0 Å². The van der Waals surface area contributed by atoms with Crippen molar-refractivity contribution in [3.05, 3.63) is 82.5 Å². The maximum Gasteiger partial charge on any atom is 0.257 e. The molecule has 1 atom stereocenters. The van der Waals surface area contributed by atoms with Crippen molar-refractivity contribution in [2.75, 3.05) is 6.54 Å². The minimum atomic E-state index is -0.243. The Morgan fingerprint density at radius 1 is 0.970 bits per heavy atom. The van der Waals surface area contributed by atoms with Crippen LogP contribution in [0.5, 0.6) is 0 Å². The van der Waals surface area contributed by atoms with Crippen molar-refractivity contribution in [2.24, 2.45) is 0 Å². The minimum Gasteiger partial charge on any atom is -0.348 e. The van der Waals surface area contributed by atoms with Crippen molar-refractivity contribution in [1.82, 2.24) is 30.2 Å². The molecule has 0 radical (unpaired) electrons. The SMILES string of the molecule is Cc1ncc(C(=O)N2CCCC[C@@H]2c2ncc(C(=O)NCc3ccccc3)c(C)n2)c(C)n1. The smallest absolute Gasteiger partial charge is 0.257 e. The van der Waals surface area contributed by atoms with Crippen molar-refractivity contribution >= 4 is 11.8 Å². The summed E-state index contributed by atoms with van der Waals surface area (Å²) in [5, 5.41) is 2.92. The quantitative estimate of drug-likeness (QED) is 0.646. The number of aryl methyl sites for hydroxylation is 3. The second kappa shape index (κ2) is 9.85. The van der Waals surface area contributed by atoms with Gasteiger partial charge in [0.15, 0.2) is 5.82 Å². The molecule has 1 aromatic carbocycles. The average molecular weight is 445 g/mol. The molecule has 8 heteroatoms. The van der Waals surface area contributed by atoms with Crippen molar-refractivity contribution in [1.29, 1.82) is 0 Å². The number of piperidine rings is 1. The van der Waals surface area contributed by atoms with Gasteiger partial charge in [-0.3, -0.25) is 9.59 Å². The summed E-state index contributed by atoms with van der Waals surface area (Å²) < 4.78 is 0. The van der Waals surface area contributed by atoms with Crippen LogP contribution in [-0.4, -0.2) is 43.2 Å². The minimum absolute atomic E-state index is 0.108. The number of nitrogens with one attached hydrogen (secondary N) is 1. The van der Waals surface area contributed by atoms with Gasteiger partial charge in [-0.25, -0.2) is 19.9 Å². The van der Waals surface area contributed by atoms with E-state index in [2.05, 4.69) is 25.3 Å². The fourth-order valence-electron chi connectivity index (χ4n) is 4.13. The van der Waals surface area contributed by atoms with Gasteiger partial charge in [0.05, 0.1) is 28.6 Å². The Labute approximate surface area is 193 Å². The van der Waals surface area contributed by atoms with Crippen LogP contribution >= 0.6 is 0 Å². The van der Waals surface area contributed by atoms with E-state index < -0.39 is 0 Å². The summed E-state index contributed by atoms with van der Waals surface area (Å²) in [7, 11) is 0. The van der Waals surface area contributed by atoms with Crippen LogP contribution in [0.25, 0.3) is 0 Å². The third-order valence-electron chi connectivity index (χ3n) is 5.93. The highest BCUT2D eigenvalue weighted by Gasteiger charge is 2.32. The van der Waals surface area contributed by atoms with Gasteiger partial charge < -0.3 is 10.2 Å². The number of benzene rings is 1. The summed E-state index contributed by atoms with van der Waals surface area (Å²) in [6, 6.07) is 9.49. The summed E-state index contributed by atoms with van der Waals surface area (Å²) in [4.78, 5) is 45.5. The van der Waals surface area contributed by atoms with Gasteiger partial charge in [0.1, 0.15) is 5.82 Å². The van der Waals surface area contributed by atoms with E-state index in [1.165, 1.54) is 0 Å². The first-order valence-electron chi connectivity index (χ1n) is 11.2. The number of hydrogen-bond donors (Lipinski definition) is 1. The van der Waals surface area contributed by atoms with Crippen molar-refractivity contribution in [3.8, 4) is 0 Å². The van der Waals surface area contributed by atoms with E-state index in [0.29, 0.717) is 47.3 Å². The predicted octanol–water partition coefficient (Wildman–Crippen LogP) is 3.49. The van der Waals surface area contributed by atoms with Gasteiger partial charge in [0.2, 0.25) is 0 Å². The fraction of sp³-hybridized carbons (Fsp3) is 0.360. The van der Waals surface area contributed by atoms with Gasteiger partial charge in [-0.05, 0) is 45.6 Å². The molecular formula is C25H28N6O2. The molecule has 0 bridgehead atoms. The summed E-state index contributed by atoms with van der Waals surface area (Å²) in [6.07, 6.45) is 5.84. The van der Waals surface area contributed by atoms with Crippen molar-refractivity contribution < 1.29 is 9.59 Å². The lowest BCUT2D eigenvalue weighted by atomic mass is 9.99. The third kappa shape index (κ3) is 5.05. The van der Waals surface area contributed by atoms with E-state index in [9.17, 15) is 9.59 Å². The molecular weight excluding hydrogens is 416 g/mol. The molecule has 33 heavy (non-hydrogen) atoms. The van der Waals surface area contributed by atoms with Gasteiger partial charge in [-0.1, -0.05) is 30.3 Å². The molecule has 8 nitrogen and oxygen atoms in total. The number of rotatable bonds is 5. The maximum atomic E-state index is 13.3. The van der Waals surface area contributed by atoms with E-state index in [-0.39, 0.29) is 17.9 Å². The monoisotopic (exact) mass is 444 g/mol. The topological polar surface area (TPSA) is 101 Å². The van der Waals surface area contributed by atoms with E-state index in [1.54, 1.807) is 26.2 Å². The molecule has 1 saturated heterocycles. The first-order chi connectivity index (χ1) is 15.9. The zero-order valence-electron chi connectivity index (χ0n) is 19.2. The van der Waals surface area contributed by atoms with Crippen LogP contribution in [0.3, 0.4) is 0 Å². The van der Waals surface area contributed by atoms with Gasteiger partial charge in [0, 0.05) is 25.5 Å². The molecule has 2 amide bonds. The Morgan fingerprint density at radius 3 is 2.42 bits per heavy atom. The number of likely N-dealkylation sites (tertiary alicyclic amines) is 1. The third-order valence-corrected chi connectivity index (χ3v) is 5.93. The lowest BCUT2D eigenvalue weighted by Gasteiger charge is -2.35. The van der Waals surface area contributed by atoms with Crippen LogP contribution in [0, 0.1) is 20.8 Å². The predicted molar refractivity (Wildman–Crippen MR) is 124 cm³/mol. The van der Waals surface area contributed by atoms with Crippen LogP contribution in [0.1, 0.15) is 74.6 Å². The molecule has 1 fully saturated rings. The number of carbonyl (C=O) groups is 2. The number of hydrogen-bond acceptors (Lipinski definition) is 6. The van der Waals surface area contributed by atoms with Gasteiger partial charge in [0.25, 0.3) is 11.8 Å². The summed E-state index contributed by atoms with van der Waals surface area (Å²) >= 11 is 0. The molecule has 4 rings (SSSR count). The zero-order valence-corrected chi connectivity index (χ0v) is 19.2. The molecule has 1 aliphatic heterocycles. The Morgan fingerprint density at radius 2 is 1.70 bits per heavy atom. The van der Waals surface area contributed by atoms with Crippen LogP contribution in [0.15, 0.2) is 42.7 Å². The van der Waals surface area contributed by atoms with Gasteiger partial charge in [-0.2, -0.15) is 0 Å². The van der Waals surface area contributed by atoms with E-state index in [1.807, 2.05) is 42.2 Å². The second-order valence-corrected chi connectivity index (χ2v) is 8.32. The molecule has 1 N–H and O–H groups in total. The van der Waals surface area contributed by atoms with Gasteiger partial charge >= 0.3 is 0 Å². The molecule has 3 aromatic rings. The zero-order chi connectivity index (χ0) is 23.4. The highest BCUT2D eigenvalue weighted by atomic mass is 16.2. The molecule has 0 unspecified atom stereocenters. The molecule has 0 aliphatic carbocycles. The normalized spacial score (nSPS) is 15.8. The lowest BCUT2D eigenvalue weighted by Crippen LogP contribution is -2.40. The molecule has 170 valence electrons. The molecule has 2 aromatic heterocycles. The van der Waals surface area contributed by atoms with Crippen LogP contribution < -0.4 is 5.32 Å². The summed E-state index contributed by atoms with van der Waals surface area (Å²) in [5.74, 6) is 0.875. The van der Waals surface area contributed by atoms with Gasteiger partial charge in [-0.15, -0.1) is 0 Å². The van der Waals surface area contributed by atoms with Crippen molar-refractivity contribution in [2.45, 2.75) is 52.6 Å². The molecule has 1 aliphatic rings. The number of carbonyl (C=O) groups excluding carboxylic acids is 2. The fourth-order valence-corrected chi connectivity index (χ4v) is 4.13. The van der Waals surface area contributed by atoms with Crippen molar-refractivity contribution in [3.63, 3.8) is 0 Å². The van der Waals surface area contributed by atoms with Crippen LogP contribution in [-0.2, 0) is 6.54 Å². The largest absolute Gasteiger partial charge is 0.348 e. The van der Waals surface area contributed by atoms with E-state index in [0.717, 1.165) is 24.8 Å².